The molecule has 0 saturated carbocycles. The fourth-order valence-corrected chi connectivity index (χ4v) is 4.70. The fourth-order valence-electron chi connectivity index (χ4n) is 4.70. The summed E-state index contributed by atoms with van der Waals surface area (Å²) in [6, 6.07) is 6.49. The number of aliphatic imine (C=N–C) groups is 1. The van der Waals surface area contributed by atoms with Crippen molar-refractivity contribution in [2.45, 2.75) is 64.6 Å². The maximum absolute atomic E-state index is 6.18. The Morgan fingerprint density at radius 2 is 2.13 bits per heavy atom. The molecule has 0 amide bonds. The van der Waals surface area contributed by atoms with Crippen LogP contribution in [0.3, 0.4) is 0 Å². The number of fused-ring (bicyclic) bond motifs is 1. The Morgan fingerprint density at radius 3 is 2.90 bits per heavy atom. The van der Waals surface area contributed by atoms with Crippen LogP contribution >= 0.6 is 0 Å². The van der Waals surface area contributed by atoms with E-state index in [1.807, 2.05) is 0 Å². The van der Waals surface area contributed by atoms with Gasteiger partial charge in [-0.2, -0.15) is 0 Å². The molecule has 3 heterocycles. The zero-order chi connectivity index (χ0) is 21.5. The summed E-state index contributed by atoms with van der Waals surface area (Å²) in [7, 11) is 0. The number of nitrogens with one attached hydrogen (secondary N) is 2. The number of aromatic nitrogens is 1. The topological polar surface area (TPSA) is 61.9 Å². The minimum atomic E-state index is 0.305. The number of piperidine rings is 1. The zero-order valence-corrected chi connectivity index (χ0v) is 19.2. The van der Waals surface area contributed by atoms with Crippen LogP contribution < -0.4 is 5.32 Å². The number of nitrogens with zero attached hydrogens (tertiary/aromatic N) is 2. The molecule has 2 fully saturated rings. The average Bonchev–Trinajstić information content (AvgIpc) is 3.23. The molecule has 6 nitrogen and oxygen atoms in total. The first kappa shape index (κ1) is 22.2. The molecule has 0 bridgehead atoms. The minimum absolute atomic E-state index is 0.305. The molecule has 31 heavy (non-hydrogen) atoms. The molecule has 1 aromatic carbocycles. The van der Waals surface area contributed by atoms with Crippen LogP contribution in [0.15, 0.2) is 29.4 Å². The van der Waals surface area contributed by atoms with Crippen LogP contribution in [0.25, 0.3) is 10.9 Å². The van der Waals surface area contributed by atoms with E-state index in [2.05, 4.69) is 53.4 Å². The smallest absolute Gasteiger partial charge is 0.193 e. The van der Waals surface area contributed by atoms with Crippen molar-refractivity contribution >= 4 is 16.9 Å². The van der Waals surface area contributed by atoms with E-state index in [1.165, 1.54) is 34.9 Å². The third kappa shape index (κ3) is 5.80. The summed E-state index contributed by atoms with van der Waals surface area (Å²) >= 11 is 0. The second-order valence-corrected chi connectivity index (χ2v) is 8.81. The highest BCUT2D eigenvalue weighted by molar-refractivity contribution is 5.86. The molecule has 170 valence electrons. The number of aryl methyl sites for hydroxylation is 1. The SMILES string of the molecule is CCNC(=NCCc1c[nH]c2c(C)cccc12)N1CCC(OCC2CCCCO2)CC1. The van der Waals surface area contributed by atoms with Gasteiger partial charge in [-0.1, -0.05) is 18.2 Å². The maximum Gasteiger partial charge on any atom is 0.193 e. The third-order valence-corrected chi connectivity index (χ3v) is 6.52. The predicted octanol–water partition coefficient (Wildman–Crippen LogP) is 4.03. The van der Waals surface area contributed by atoms with Crippen LogP contribution in [0.4, 0.5) is 0 Å². The number of H-pyrrole nitrogens is 1. The van der Waals surface area contributed by atoms with E-state index in [4.69, 9.17) is 14.5 Å². The third-order valence-electron chi connectivity index (χ3n) is 6.52. The normalized spacial score (nSPS) is 21.0. The van der Waals surface area contributed by atoms with Gasteiger partial charge in [0, 0.05) is 49.9 Å². The van der Waals surface area contributed by atoms with Crippen LogP contribution in [0.2, 0.25) is 0 Å². The van der Waals surface area contributed by atoms with Crippen molar-refractivity contribution in [2.24, 2.45) is 4.99 Å². The number of rotatable bonds is 7. The number of likely N-dealkylation sites (tertiary alicyclic amines) is 1. The van der Waals surface area contributed by atoms with Crippen molar-refractivity contribution in [1.29, 1.82) is 0 Å². The van der Waals surface area contributed by atoms with Crippen LogP contribution in [0.5, 0.6) is 0 Å². The van der Waals surface area contributed by atoms with E-state index in [0.717, 1.165) is 71.0 Å². The van der Waals surface area contributed by atoms with Gasteiger partial charge in [0.25, 0.3) is 0 Å². The first-order chi connectivity index (χ1) is 15.2. The molecule has 0 spiro atoms. The van der Waals surface area contributed by atoms with Gasteiger partial charge in [0.15, 0.2) is 5.96 Å². The Morgan fingerprint density at radius 1 is 1.26 bits per heavy atom. The molecule has 2 N–H and O–H groups in total. The monoisotopic (exact) mass is 426 g/mol. The standard InChI is InChI=1S/C25H38N4O2/c1-3-26-25(27-13-10-20-17-28-24-19(2)7-6-9-23(20)24)29-14-11-21(12-15-29)31-18-22-8-4-5-16-30-22/h6-7,9,17,21-22,28H,3-5,8,10-16,18H2,1-2H3,(H,26,27). The van der Waals surface area contributed by atoms with Gasteiger partial charge in [-0.3, -0.25) is 4.99 Å². The molecule has 1 atom stereocenters. The van der Waals surface area contributed by atoms with Crippen LogP contribution in [0.1, 0.15) is 50.2 Å². The molecular weight excluding hydrogens is 388 g/mol. The van der Waals surface area contributed by atoms with E-state index < -0.39 is 0 Å². The highest BCUT2D eigenvalue weighted by Crippen LogP contribution is 2.22. The largest absolute Gasteiger partial charge is 0.376 e. The van der Waals surface area contributed by atoms with Crippen molar-refractivity contribution in [3.63, 3.8) is 0 Å². The number of benzene rings is 1. The first-order valence-electron chi connectivity index (χ1n) is 12.1. The maximum atomic E-state index is 6.18. The Labute approximate surface area is 186 Å². The number of para-hydroxylation sites is 1. The summed E-state index contributed by atoms with van der Waals surface area (Å²) in [6.45, 7) is 9.61. The van der Waals surface area contributed by atoms with E-state index in [0.29, 0.717) is 12.2 Å². The molecule has 2 aliphatic heterocycles. The molecule has 2 aliphatic rings. The quantitative estimate of drug-likeness (QED) is 0.518. The second kappa shape index (κ2) is 11.0. The Bertz CT molecular complexity index is 848. The van der Waals surface area contributed by atoms with Crippen molar-refractivity contribution in [2.75, 3.05) is 39.4 Å². The fraction of sp³-hybridized carbons (Fsp3) is 0.640. The van der Waals surface area contributed by atoms with Crippen molar-refractivity contribution in [3.05, 3.63) is 35.5 Å². The lowest BCUT2D eigenvalue weighted by atomic mass is 10.1. The lowest BCUT2D eigenvalue weighted by Crippen LogP contribution is -2.47. The predicted molar refractivity (Wildman–Crippen MR) is 127 cm³/mol. The molecule has 0 radical (unpaired) electrons. The summed E-state index contributed by atoms with van der Waals surface area (Å²) in [5, 5.41) is 4.80. The van der Waals surface area contributed by atoms with Gasteiger partial charge in [0.2, 0.25) is 0 Å². The van der Waals surface area contributed by atoms with Gasteiger partial charge in [0.1, 0.15) is 0 Å². The summed E-state index contributed by atoms with van der Waals surface area (Å²) in [4.78, 5) is 10.8. The van der Waals surface area contributed by atoms with Crippen LogP contribution in [0, 0.1) is 6.92 Å². The van der Waals surface area contributed by atoms with Gasteiger partial charge in [0.05, 0.1) is 18.8 Å². The molecular formula is C25H38N4O2. The van der Waals surface area contributed by atoms with Crippen LogP contribution in [-0.4, -0.2) is 67.4 Å². The van der Waals surface area contributed by atoms with Crippen molar-refractivity contribution in [3.8, 4) is 0 Å². The van der Waals surface area contributed by atoms with E-state index in [9.17, 15) is 0 Å². The van der Waals surface area contributed by atoms with Crippen molar-refractivity contribution < 1.29 is 9.47 Å². The molecule has 2 aromatic rings. The lowest BCUT2D eigenvalue weighted by Gasteiger charge is -2.35. The van der Waals surface area contributed by atoms with Crippen LogP contribution in [-0.2, 0) is 15.9 Å². The van der Waals surface area contributed by atoms with E-state index in [-0.39, 0.29) is 0 Å². The van der Waals surface area contributed by atoms with Gasteiger partial charge in [-0.15, -0.1) is 0 Å². The minimum Gasteiger partial charge on any atom is -0.376 e. The second-order valence-electron chi connectivity index (χ2n) is 8.81. The number of ether oxygens (including phenoxy) is 2. The summed E-state index contributed by atoms with van der Waals surface area (Å²) < 4.78 is 12.0. The highest BCUT2D eigenvalue weighted by Gasteiger charge is 2.23. The Balaban J connectivity index is 1.27. The highest BCUT2D eigenvalue weighted by atomic mass is 16.5. The molecule has 1 unspecified atom stereocenters. The summed E-state index contributed by atoms with van der Waals surface area (Å²) in [5.74, 6) is 1.03. The van der Waals surface area contributed by atoms with Crippen molar-refractivity contribution in [1.82, 2.24) is 15.2 Å². The first-order valence-corrected chi connectivity index (χ1v) is 12.1. The molecule has 1 aromatic heterocycles. The molecule has 0 aliphatic carbocycles. The molecule has 6 heteroatoms. The average molecular weight is 427 g/mol. The number of hydrogen-bond donors (Lipinski definition) is 2. The molecule has 2 saturated heterocycles. The van der Waals surface area contributed by atoms with Gasteiger partial charge < -0.3 is 24.7 Å². The summed E-state index contributed by atoms with van der Waals surface area (Å²) in [5.41, 5.74) is 3.88. The van der Waals surface area contributed by atoms with Gasteiger partial charge >= 0.3 is 0 Å². The Kier molecular flexibility index (Phi) is 7.86. The zero-order valence-electron chi connectivity index (χ0n) is 19.2. The van der Waals surface area contributed by atoms with E-state index >= 15 is 0 Å². The number of hydrogen-bond acceptors (Lipinski definition) is 3. The van der Waals surface area contributed by atoms with Gasteiger partial charge in [-0.05, 0) is 63.5 Å². The van der Waals surface area contributed by atoms with E-state index in [1.54, 1.807) is 0 Å². The lowest BCUT2D eigenvalue weighted by molar-refractivity contribution is -0.0721. The number of aromatic amines is 1. The summed E-state index contributed by atoms with van der Waals surface area (Å²) in [6.07, 6.45) is 9.45. The van der Waals surface area contributed by atoms with Gasteiger partial charge in [-0.25, -0.2) is 0 Å². The Hall–Kier alpha value is -2.05. The number of guanidine groups is 1. The molecule has 4 rings (SSSR count).